The molecule has 6 nitrogen and oxygen atoms in total. The molecule has 1 aliphatic heterocycles. The van der Waals surface area contributed by atoms with E-state index in [4.69, 9.17) is 9.47 Å². The number of ketones is 1. The number of rotatable bonds is 3. The molecule has 0 bridgehead atoms. The molecule has 0 spiro atoms. The van der Waals surface area contributed by atoms with Gasteiger partial charge in [0.1, 0.15) is 6.33 Å². The predicted octanol–water partition coefficient (Wildman–Crippen LogP) is -0.239. The summed E-state index contributed by atoms with van der Waals surface area (Å²) in [5.74, 6) is 0.223. The highest BCUT2D eigenvalue weighted by Gasteiger charge is 2.22. The van der Waals surface area contributed by atoms with Gasteiger partial charge >= 0.3 is 0 Å². The zero-order chi connectivity index (χ0) is 9.97. The summed E-state index contributed by atoms with van der Waals surface area (Å²) in [6.07, 6.45) is 1.13. The Bertz CT molecular complexity index is 330. The van der Waals surface area contributed by atoms with Gasteiger partial charge in [0, 0.05) is 7.05 Å². The average Bonchev–Trinajstić information content (AvgIpc) is 2.75. The van der Waals surface area contributed by atoms with Crippen LogP contribution in [-0.4, -0.2) is 40.1 Å². The van der Waals surface area contributed by atoms with Crippen LogP contribution in [0.3, 0.4) is 0 Å². The Labute approximate surface area is 80.8 Å². The number of nitrogens with zero attached hydrogens (tertiary/aromatic N) is 3. The third-order valence-electron chi connectivity index (χ3n) is 2.00. The lowest BCUT2D eigenvalue weighted by Gasteiger charge is -2.06. The molecule has 14 heavy (non-hydrogen) atoms. The predicted molar refractivity (Wildman–Crippen MR) is 45.6 cm³/mol. The molecule has 0 saturated carbocycles. The first kappa shape index (κ1) is 9.29. The molecule has 1 aromatic rings. The summed E-state index contributed by atoms with van der Waals surface area (Å²) in [5.41, 5.74) is 0. The summed E-state index contributed by atoms with van der Waals surface area (Å²) >= 11 is 0. The molecule has 0 aliphatic carbocycles. The maximum atomic E-state index is 11.6. The quantitative estimate of drug-likeness (QED) is 0.626. The number of aromatic nitrogens is 3. The molecule has 1 aromatic heterocycles. The van der Waals surface area contributed by atoms with Crippen molar-refractivity contribution < 1.29 is 14.3 Å². The van der Waals surface area contributed by atoms with Crippen LogP contribution in [0.25, 0.3) is 0 Å². The fraction of sp³-hybridized carbons (Fsp3) is 0.625. The Morgan fingerprint density at radius 3 is 2.93 bits per heavy atom. The van der Waals surface area contributed by atoms with Crippen molar-refractivity contribution >= 4 is 5.78 Å². The van der Waals surface area contributed by atoms with Gasteiger partial charge in [-0.15, -0.1) is 0 Å². The van der Waals surface area contributed by atoms with Gasteiger partial charge in [-0.2, -0.15) is 5.10 Å². The van der Waals surface area contributed by atoms with Gasteiger partial charge in [-0.1, -0.05) is 0 Å². The van der Waals surface area contributed by atoms with E-state index in [0.29, 0.717) is 19.0 Å². The van der Waals surface area contributed by atoms with Crippen molar-refractivity contribution in [2.24, 2.45) is 7.05 Å². The summed E-state index contributed by atoms with van der Waals surface area (Å²) in [7, 11) is 1.68. The van der Waals surface area contributed by atoms with Crippen LogP contribution in [0.1, 0.15) is 17.0 Å². The monoisotopic (exact) mass is 197 g/mol. The first-order chi connectivity index (χ1) is 6.77. The van der Waals surface area contributed by atoms with Crippen molar-refractivity contribution in [1.29, 1.82) is 0 Å². The smallest absolute Gasteiger partial charge is 0.204 e. The molecule has 0 radical (unpaired) electrons. The minimum Gasteiger partial charge on any atom is -0.350 e. The van der Waals surface area contributed by atoms with Crippen molar-refractivity contribution in [2.45, 2.75) is 12.7 Å². The first-order valence-electron chi connectivity index (χ1n) is 4.38. The Balaban J connectivity index is 1.98. The molecular weight excluding hydrogens is 186 g/mol. The molecule has 1 aliphatic rings. The SMILES string of the molecule is Cn1ncnc1C(=O)CC1OCCO1. The molecule has 0 amide bonds. The number of hydrogen-bond donors (Lipinski definition) is 0. The lowest BCUT2D eigenvalue weighted by molar-refractivity contribution is -0.0409. The number of carbonyl (C=O) groups excluding carboxylic acids is 1. The largest absolute Gasteiger partial charge is 0.350 e. The van der Waals surface area contributed by atoms with Crippen LogP contribution < -0.4 is 0 Å². The summed E-state index contributed by atoms with van der Waals surface area (Å²) in [6, 6.07) is 0. The fourth-order valence-corrected chi connectivity index (χ4v) is 1.32. The van der Waals surface area contributed by atoms with Crippen molar-refractivity contribution in [2.75, 3.05) is 13.2 Å². The Hall–Kier alpha value is -1.27. The van der Waals surface area contributed by atoms with E-state index in [-0.39, 0.29) is 12.2 Å². The van der Waals surface area contributed by atoms with E-state index >= 15 is 0 Å². The second-order valence-electron chi connectivity index (χ2n) is 3.01. The molecule has 76 valence electrons. The van der Waals surface area contributed by atoms with Gasteiger partial charge in [0.15, 0.2) is 12.1 Å². The molecule has 6 heteroatoms. The molecular formula is C8H11N3O3. The number of hydrogen-bond acceptors (Lipinski definition) is 5. The molecule has 2 rings (SSSR count). The highest BCUT2D eigenvalue weighted by Crippen LogP contribution is 2.10. The molecule has 1 saturated heterocycles. The van der Waals surface area contributed by atoms with Crippen LogP contribution in [0, 0.1) is 0 Å². The Kier molecular flexibility index (Phi) is 2.55. The van der Waals surface area contributed by atoms with Gasteiger partial charge < -0.3 is 9.47 Å². The normalized spacial score (nSPS) is 17.5. The zero-order valence-electron chi connectivity index (χ0n) is 7.84. The average molecular weight is 197 g/mol. The van der Waals surface area contributed by atoms with Crippen molar-refractivity contribution in [1.82, 2.24) is 14.8 Å². The van der Waals surface area contributed by atoms with Crippen LogP contribution in [0.5, 0.6) is 0 Å². The number of ether oxygens (including phenoxy) is 2. The summed E-state index contributed by atoms with van der Waals surface area (Å²) in [4.78, 5) is 15.4. The van der Waals surface area contributed by atoms with E-state index in [0.717, 1.165) is 0 Å². The third kappa shape index (κ3) is 1.80. The van der Waals surface area contributed by atoms with E-state index in [2.05, 4.69) is 10.1 Å². The standard InChI is InChI=1S/C8H11N3O3/c1-11-8(9-5-10-11)6(12)4-7-13-2-3-14-7/h5,7H,2-4H2,1H3. The molecule has 0 N–H and O–H groups in total. The highest BCUT2D eigenvalue weighted by molar-refractivity contribution is 5.92. The van der Waals surface area contributed by atoms with E-state index in [1.54, 1.807) is 7.05 Å². The molecule has 0 aromatic carbocycles. The minimum atomic E-state index is -0.417. The number of carbonyl (C=O) groups is 1. The van der Waals surface area contributed by atoms with Gasteiger partial charge in [0.2, 0.25) is 5.78 Å². The lowest BCUT2D eigenvalue weighted by atomic mass is 10.2. The van der Waals surface area contributed by atoms with Gasteiger partial charge in [-0.25, -0.2) is 9.67 Å². The molecule has 1 fully saturated rings. The molecule has 0 atom stereocenters. The number of Topliss-reactive ketones (excluding diaryl/α,β-unsaturated/α-hetero) is 1. The summed E-state index contributed by atoms with van der Waals surface area (Å²) in [5, 5.41) is 3.82. The minimum absolute atomic E-state index is 0.114. The van der Waals surface area contributed by atoms with E-state index < -0.39 is 6.29 Å². The molecule has 0 unspecified atom stereocenters. The zero-order valence-corrected chi connectivity index (χ0v) is 7.84. The lowest BCUT2D eigenvalue weighted by Crippen LogP contribution is -2.17. The van der Waals surface area contributed by atoms with Gasteiger partial charge in [0.05, 0.1) is 19.6 Å². The van der Waals surface area contributed by atoms with Gasteiger partial charge in [-0.05, 0) is 0 Å². The second-order valence-corrected chi connectivity index (χ2v) is 3.01. The molecule has 2 heterocycles. The third-order valence-corrected chi connectivity index (χ3v) is 2.00. The summed E-state index contributed by atoms with van der Waals surface area (Å²) < 4.78 is 11.8. The van der Waals surface area contributed by atoms with E-state index in [1.165, 1.54) is 11.0 Å². The highest BCUT2D eigenvalue weighted by atomic mass is 16.7. The van der Waals surface area contributed by atoms with Gasteiger partial charge in [0.25, 0.3) is 0 Å². The van der Waals surface area contributed by atoms with E-state index in [9.17, 15) is 4.79 Å². The fourth-order valence-electron chi connectivity index (χ4n) is 1.32. The van der Waals surface area contributed by atoms with Crippen LogP contribution in [0.2, 0.25) is 0 Å². The number of aryl methyl sites for hydroxylation is 1. The van der Waals surface area contributed by atoms with Crippen molar-refractivity contribution in [3.8, 4) is 0 Å². The van der Waals surface area contributed by atoms with E-state index in [1.807, 2.05) is 0 Å². The topological polar surface area (TPSA) is 66.2 Å². The second kappa shape index (κ2) is 3.85. The summed E-state index contributed by atoms with van der Waals surface area (Å²) in [6.45, 7) is 1.10. The van der Waals surface area contributed by atoms with Crippen LogP contribution >= 0.6 is 0 Å². The van der Waals surface area contributed by atoms with Crippen molar-refractivity contribution in [3.63, 3.8) is 0 Å². The van der Waals surface area contributed by atoms with Crippen LogP contribution in [0.4, 0.5) is 0 Å². The first-order valence-corrected chi connectivity index (χ1v) is 4.38. The Morgan fingerprint density at radius 2 is 2.36 bits per heavy atom. The maximum absolute atomic E-state index is 11.6. The van der Waals surface area contributed by atoms with Crippen LogP contribution in [-0.2, 0) is 16.5 Å². The maximum Gasteiger partial charge on any atom is 0.204 e. The van der Waals surface area contributed by atoms with Crippen molar-refractivity contribution in [3.05, 3.63) is 12.2 Å². The van der Waals surface area contributed by atoms with Gasteiger partial charge in [-0.3, -0.25) is 4.79 Å². The Morgan fingerprint density at radius 1 is 1.64 bits per heavy atom. The van der Waals surface area contributed by atoms with Crippen LogP contribution in [0.15, 0.2) is 6.33 Å².